The molecule has 4 nitrogen and oxygen atoms in total. The summed E-state index contributed by atoms with van der Waals surface area (Å²) >= 11 is 1.63. The fourth-order valence-electron chi connectivity index (χ4n) is 2.12. The van der Waals surface area contributed by atoms with Crippen LogP contribution in [0, 0.1) is 13.8 Å². The van der Waals surface area contributed by atoms with Crippen LogP contribution in [0.3, 0.4) is 0 Å². The van der Waals surface area contributed by atoms with Gasteiger partial charge < -0.3 is 5.73 Å². The first kappa shape index (κ1) is 16.3. The molecule has 0 radical (unpaired) electrons. The first-order chi connectivity index (χ1) is 8.81. The van der Waals surface area contributed by atoms with Gasteiger partial charge in [0.05, 0.1) is 4.90 Å². The SMILES string of the molecule is CCC(CSC)NS(=O)(=O)c1c(C)cc(N)cc1C. The molecule has 0 fully saturated rings. The first-order valence-corrected chi connectivity index (χ1v) is 9.07. The third kappa shape index (κ3) is 4.12. The standard InChI is InChI=1S/C13H22N2O2S2/c1-5-12(8-18-4)15-19(16,17)13-9(2)6-11(14)7-10(13)3/h6-7,12,15H,5,8,14H2,1-4H3. The Morgan fingerprint density at radius 3 is 2.26 bits per heavy atom. The molecule has 0 heterocycles. The summed E-state index contributed by atoms with van der Waals surface area (Å²) in [5.74, 6) is 0.767. The van der Waals surface area contributed by atoms with Gasteiger partial charge in [0.2, 0.25) is 10.0 Å². The van der Waals surface area contributed by atoms with Gasteiger partial charge in [-0.3, -0.25) is 0 Å². The summed E-state index contributed by atoms with van der Waals surface area (Å²) in [5.41, 5.74) is 7.68. The first-order valence-electron chi connectivity index (χ1n) is 6.19. The van der Waals surface area contributed by atoms with Gasteiger partial charge in [-0.05, 0) is 49.8 Å². The number of benzene rings is 1. The van der Waals surface area contributed by atoms with Crippen LogP contribution in [0.25, 0.3) is 0 Å². The second kappa shape index (κ2) is 6.63. The summed E-state index contributed by atoms with van der Waals surface area (Å²) < 4.78 is 27.7. The van der Waals surface area contributed by atoms with E-state index in [9.17, 15) is 8.42 Å². The number of sulfonamides is 1. The molecule has 0 bridgehead atoms. The van der Waals surface area contributed by atoms with Crippen molar-refractivity contribution in [2.75, 3.05) is 17.7 Å². The number of nitrogens with one attached hydrogen (secondary N) is 1. The molecular formula is C13H22N2O2S2. The minimum absolute atomic E-state index is 0.0450. The smallest absolute Gasteiger partial charge is 0.241 e. The molecule has 1 atom stereocenters. The zero-order valence-electron chi connectivity index (χ0n) is 11.9. The van der Waals surface area contributed by atoms with E-state index < -0.39 is 10.0 Å². The van der Waals surface area contributed by atoms with Crippen LogP contribution < -0.4 is 10.5 Å². The molecule has 1 aromatic rings. The van der Waals surface area contributed by atoms with Crippen LogP contribution in [0.2, 0.25) is 0 Å². The van der Waals surface area contributed by atoms with Gasteiger partial charge in [-0.2, -0.15) is 11.8 Å². The molecule has 0 saturated heterocycles. The van der Waals surface area contributed by atoms with Crippen molar-refractivity contribution in [3.05, 3.63) is 23.3 Å². The Kier molecular flexibility index (Phi) is 5.70. The van der Waals surface area contributed by atoms with Crippen LogP contribution in [0.4, 0.5) is 5.69 Å². The summed E-state index contributed by atoms with van der Waals surface area (Å²) in [7, 11) is -3.49. The van der Waals surface area contributed by atoms with Crippen molar-refractivity contribution in [2.24, 2.45) is 0 Å². The number of anilines is 1. The average Bonchev–Trinajstić information content (AvgIpc) is 2.25. The molecule has 1 rings (SSSR count). The molecule has 0 aliphatic carbocycles. The average molecular weight is 302 g/mol. The third-order valence-corrected chi connectivity index (χ3v) is 5.49. The number of thioether (sulfide) groups is 1. The Balaban J connectivity index is 3.14. The minimum atomic E-state index is -3.49. The van der Waals surface area contributed by atoms with Crippen molar-refractivity contribution < 1.29 is 8.42 Å². The van der Waals surface area contributed by atoms with E-state index in [1.165, 1.54) is 0 Å². The van der Waals surface area contributed by atoms with Crippen molar-refractivity contribution in [1.82, 2.24) is 4.72 Å². The van der Waals surface area contributed by atoms with Crippen LogP contribution in [-0.4, -0.2) is 26.5 Å². The Labute approximate surface area is 120 Å². The largest absolute Gasteiger partial charge is 0.399 e. The number of rotatable bonds is 6. The van der Waals surface area contributed by atoms with Gasteiger partial charge in [0.25, 0.3) is 0 Å². The van der Waals surface area contributed by atoms with Gasteiger partial charge in [-0.1, -0.05) is 6.92 Å². The lowest BCUT2D eigenvalue weighted by Gasteiger charge is -2.18. The van der Waals surface area contributed by atoms with Crippen LogP contribution in [0.1, 0.15) is 24.5 Å². The molecule has 6 heteroatoms. The van der Waals surface area contributed by atoms with Crippen molar-refractivity contribution >= 4 is 27.5 Å². The van der Waals surface area contributed by atoms with Crippen LogP contribution in [-0.2, 0) is 10.0 Å². The van der Waals surface area contributed by atoms with Crippen molar-refractivity contribution in [3.8, 4) is 0 Å². The van der Waals surface area contributed by atoms with E-state index in [1.54, 1.807) is 37.7 Å². The summed E-state index contributed by atoms with van der Waals surface area (Å²) in [6.07, 6.45) is 2.74. The highest BCUT2D eigenvalue weighted by Gasteiger charge is 2.22. The lowest BCUT2D eigenvalue weighted by atomic mass is 10.1. The van der Waals surface area contributed by atoms with E-state index >= 15 is 0 Å². The molecule has 0 aliphatic heterocycles. The van der Waals surface area contributed by atoms with Crippen molar-refractivity contribution in [3.63, 3.8) is 0 Å². The second-order valence-corrected chi connectivity index (χ2v) is 7.23. The number of nitrogen functional groups attached to an aromatic ring is 1. The van der Waals surface area contributed by atoms with Gasteiger partial charge in [-0.15, -0.1) is 0 Å². The fraction of sp³-hybridized carbons (Fsp3) is 0.538. The summed E-state index contributed by atoms with van der Waals surface area (Å²) in [6, 6.07) is 3.34. The molecule has 1 unspecified atom stereocenters. The molecule has 108 valence electrons. The molecular weight excluding hydrogens is 280 g/mol. The zero-order chi connectivity index (χ0) is 14.6. The summed E-state index contributed by atoms with van der Waals surface area (Å²) in [5, 5.41) is 0. The maximum atomic E-state index is 12.5. The third-order valence-electron chi connectivity index (χ3n) is 2.93. The summed E-state index contributed by atoms with van der Waals surface area (Å²) in [4.78, 5) is 0.348. The van der Waals surface area contributed by atoms with E-state index in [4.69, 9.17) is 5.73 Å². The predicted octanol–water partition coefficient (Wildman–Crippen LogP) is 2.31. The van der Waals surface area contributed by atoms with Crippen molar-refractivity contribution in [1.29, 1.82) is 0 Å². The maximum Gasteiger partial charge on any atom is 0.241 e. The zero-order valence-corrected chi connectivity index (χ0v) is 13.5. The highest BCUT2D eigenvalue weighted by atomic mass is 32.2. The van der Waals surface area contributed by atoms with Gasteiger partial charge in [-0.25, -0.2) is 13.1 Å². The van der Waals surface area contributed by atoms with E-state index in [-0.39, 0.29) is 6.04 Å². The maximum absolute atomic E-state index is 12.5. The molecule has 19 heavy (non-hydrogen) atoms. The lowest BCUT2D eigenvalue weighted by molar-refractivity contribution is 0.557. The monoisotopic (exact) mass is 302 g/mol. The van der Waals surface area contributed by atoms with Gasteiger partial charge in [0, 0.05) is 17.5 Å². The molecule has 0 aliphatic rings. The fourth-order valence-corrected chi connectivity index (χ4v) is 4.72. The molecule has 1 aromatic carbocycles. The Bertz CT molecular complexity index is 519. The van der Waals surface area contributed by atoms with Gasteiger partial charge in [0.15, 0.2) is 0 Å². The highest BCUT2D eigenvalue weighted by Crippen LogP contribution is 2.23. The molecule has 0 amide bonds. The molecule has 3 N–H and O–H groups in total. The van der Waals surface area contributed by atoms with Gasteiger partial charge >= 0.3 is 0 Å². The number of hydrogen-bond acceptors (Lipinski definition) is 4. The number of nitrogens with two attached hydrogens (primary N) is 1. The summed E-state index contributed by atoms with van der Waals surface area (Å²) in [6.45, 7) is 5.52. The molecule has 0 saturated carbocycles. The number of hydrogen-bond donors (Lipinski definition) is 2. The molecule has 0 aromatic heterocycles. The predicted molar refractivity (Wildman–Crippen MR) is 83.1 cm³/mol. The van der Waals surface area contributed by atoms with Crippen LogP contribution >= 0.6 is 11.8 Å². The molecule has 0 spiro atoms. The normalized spacial score (nSPS) is 13.5. The topological polar surface area (TPSA) is 72.2 Å². The number of aryl methyl sites for hydroxylation is 2. The Morgan fingerprint density at radius 2 is 1.84 bits per heavy atom. The van der Waals surface area contributed by atoms with E-state index in [0.717, 1.165) is 12.2 Å². The Hall–Kier alpha value is -0.720. The van der Waals surface area contributed by atoms with Gasteiger partial charge in [0.1, 0.15) is 0 Å². The van der Waals surface area contributed by atoms with Crippen LogP contribution in [0.5, 0.6) is 0 Å². The second-order valence-electron chi connectivity index (χ2n) is 4.67. The quantitative estimate of drug-likeness (QED) is 0.791. The lowest BCUT2D eigenvalue weighted by Crippen LogP contribution is -2.36. The Morgan fingerprint density at radius 1 is 1.32 bits per heavy atom. The highest BCUT2D eigenvalue weighted by molar-refractivity contribution is 7.98. The minimum Gasteiger partial charge on any atom is -0.399 e. The van der Waals surface area contributed by atoms with Crippen molar-refractivity contribution in [2.45, 2.75) is 38.1 Å². The van der Waals surface area contributed by atoms with E-state index in [0.29, 0.717) is 21.7 Å². The van der Waals surface area contributed by atoms with E-state index in [1.807, 2.05) is 13.2 Å². The van der Waals surface area contributed by atoms with Crippen LogP contribution in [0.15, 0.2) is 17.0 Å². The van der Waals surface area contributed by atoms with E-state index in [2.05, 4.69) is 4.72 Å².